The Hall–Kier alpha value is -2.01. The molecule has 5 heteroatoms. The summed E-state index contributed by atoms with van der Waals surface area (Å²) in [5.74, 6) is 1.43. The monoisotopic (exact) mass is 263 g/mol. The lowest BCUT2D eigenvalue weighted by Crippen LogP contribution is -2.29. The van der Waals surface area contributed by atoms with Crippen LogP contribution in [0.5, 0.6) is 0 Å². The summed E-state index contributed by atoms with van der Waals surface area (Å²) in [7, 11) is 0. The molecule has 2 aromatic rings. The van der Waals surface area contributed by atoms with Gasteiger partial charge in [0.1, 0.15) is 11.5 Å². The first-order chi connectivity index (χ1) is 9.29. The first-order valence-electron chi connectivity index (χ1n) is 6.23. The number of aliphatic hydroxyl groups is 1. The van der Waals surface area contributed by atoms with Crippen molar-refractivity contribution in [3.8, 4) is 0 Å². The van der Waals surface area contributed by atoms with Crippen LogP contribution in [0.25, 0.3) is 0 Å². The minimum Gasteiger partial charge on any atom is -0.467 e. The molecular formula is C14H17NO4. The lowest BCUT2D eigenvalue weighted by Gasteiger charge is -2.20. The van der Waals surface area contributed by atoms with E-state index in [1.165, 1.54) is 0 Å². The van der Waals surface area contributed by atoms with Gasteiger partial charge in [0.15, 0.2) is 0 Å². The second-order valence-electron chi connectivity index (χ2n) is 4.24. The van der Waals surface area contributed by atoms with E-state index in [0.717, 1.165) is 11.5 Å². The van der Waals surface area contributed by atoms with Gasteiger partial charge in [-0.25, -0.2) is 0 Å². The van der Waals surface area contributed by atoms with Crippen molar-refractivity contribution < 1.29 is 18.7 Å². The highest BCUT2D eigenvalue weighted by Gasteiger charge is 2.16. The van der Waals surface area contributed by atoms with E-state index in [4.69, 9.17) is 13.9 Å². The van der Waals surface area contributed by atoms with Crippen LogP contribution in [-0.4, -0.2) is 22.5 Å². The molecule has 2 heterocycles. The predicted molar refractivity (Wildman–Crippen MR) is 68.0 cm³/mol. The number of carbonyl (C=O) groups is 1. The van der Waals surface area contributed by atoms with Crippen molar-refractivity contribution in [1.82, 2.24) is 4.90 Å². The number of nitrogens with zero attached hydrogens (tertiary/aromatic N) is 1. The van der Waals surface area contributed by atoms with Gasteiger partial charge in [-0.05, 0) is 30.7 Å². The second kappa shape index (κ2) is 6.80. The molecule has 0 spiro atoms. The molecule has 0 aliphatic heterocycles. The van der Waals surface area contributed by atoms with Crippen LogP contribution < -0.4 is 0 Å². The highest BCUT2D eigenvalue weighted by molar-refractivity contribution is 5.76. The van der Waals surface area contributed by atoms with Crippen LogP contribution in [0.2, 0.25) is 0 Å². The average Bonchev–Trinajstić information content (AvgIpc) is 3.08. The van der Waals surface area contributed by atoms with Gasteiger partial charge in [0.2, 0.25) is 5.91 Å². The van der Waals surface area contributed by atoms with E-state index < -0.39 is 0 Å². The molecule has 1 amide bonds. The molecule has 0 radical (unpaired) electrons. The van der Waals surface area contributed by atoms with Crippen molar-refractivity contribution in [2.24, 2.45) is 0 Å². The molecule has 0 bridgehead atoms. The smallest absolute Gasteiger partial charge is 0.223 e. The van der Waals surface area contributed by atoms with E-state index in [1.54, 1.807) is 29.6 Å². The summed E-state index contributed by atoms with van der Waals surface area (Å²) in [4.78, 5) is 13.7. The average molecular weight is 263 g/mol. The maximum absolute atomic E-state index is 12.1. The van der Waals surface area contributed by atoms with Crippen molar-refractivity contribution in [1.29, 1.82) is 0 Å². The number of amides is 1. The molecule has 19 heavy (non-hydrogen) atoms. The highest BCUT2D eigenvalue weighted by atomic mass is 16.3. The Kier molecular flexibility index (Phi) is 4.80. The van der Waals surface area contributed by atoms with Gasteiger partial charge in [-0.3, -0.25) is 4.79 Å². The van der Waals surface area contributed by atoms with E-state index in [-0.39, 0.29) is 12.5 Å². The number of rotatable bonds is 7. The number of hydrogen-bond acceptors (Lipinski definition) is 4. The third kappa shape index (κ3) is 3.99. The molecule has 0 saturated carbocycles. The summed E-state index contributed by atoms with van der Waals surface area (Å²) in [6, 6.07) is 7.24. The van der Waals surface area contributed by atoms with Gasteiger partial charge in [-0.15, -0.1) is 0 Å². The quantitative estimate of drug-likeness (QED) is 0.831. The van der Waals surface area contributed by atoms with Crippen molar-refractivity contribution in [3.05, 3.63) is 48.3 Å². The normalized spacial score (nSPS) is 10.6. The second-order valence-corrected chi connectivity index (χ2v) is 4.24. The van der Waals surface area contributed by atoms with Crippen LogP contribution in [0.3, 0.4) is 0 Å². The molecular weight excluding hydrogens is 246 g/mol. The molecule has 0 aliphatic rings. The van der Waals surface area contributed by atoms with E-state index in [1.807, 2.05) is 12.1 Å². The molecule has 0 fully saturated rings. The minimum atomic E-state index is -0.0261. The standard InChI is InChI=1S/C14H17NO4/c16-7-1-6-14(17)15(10-12-4-2-8-18-12)11-13-5-3-9-19-13/h2-5,8-9,16H,1,6-7,10-11H2. The van der Waals surface area contributed by atoms with Crippen LogP contribution in [0.1, 0.15) is 24.4 Å². The molecule has 2 rings (SSSR count). The molecule has 0 saturated heterocycles. The van der Waals surface area contributed by atoms with Gasteiger partial charge in [-0.2, -0.15) is 0 Å². The zero-order chi connectivity index (χ0) is 13.5. The van der Waals surface area contributed by atoms with Crippen molar-refractivity contribution in [2.45, 2.75) is 25.9 Å². The van der Waals surface area contributed by atoms with E-state index in [9.17, 15) is 4.79 Å². The van der Waals surface area contributed by atoms with E-state index >= 15 is 0 Å². The summed E-state index contributed by atoms with van der Waals surface area (Å²) < 4.78 is 10.5. The zero-order valence-electron chi connectivity index (χ0n) is 10.6. The van der Waals surface area contributed by atoms with Gasteiger partial charge < -0.3 is 18.8 Å². The summed E-state index contributed by atoms with van der Waals surface area (Å²) >= 11 is 0. The Morgan fingerprint density at radius 3 is 2.11 bits per heavy atom. The van der Waals surface area contributed by atoms with Crippen molar-refractivity contribution in [3.63, 3.8) is 0 Å². The van der Waals surface area contributed by atoms with Gasteiger partial charge >= 0.3 is 0 Å². The minimum absolute atomic E-state index is 0.0150. The molecule has 2 aromatic heterocycles. The zero-order valence-corrected chi connectivity index (χ0v) is 10.6. The largest absolute Gasteiger partial charge is 0.467 e. The third-order valence-electron chi connectivity index (χ3n) is 2.76. The predicted octanol–water partition coefficient (Wildman–Crippen LogP) is 2.17. The first kappa shape index (κ1) is 13.4. The fraction of sp³-hybridized carbons (Fsp3) is 0.357. The van der Waals surface area contributed by atoms with Gasteiger partial charge in [0, 0.05) is 13.0 Å². The Bertz CT molecular complexity index is 439. The van der Waals surface area contributed by atoms with Crippen LogP contribution in [0.4, 0.5) is 0 Å². The van der Waals surface area contributed by atoms with E-state index in [2.05, 4.69) is 0 Å². The van der Waals surface area contributed by atoms with Crippen LogP contribution >= 0.6 is 0 Å². The van der Waals surface area contributed by atoms with Crippen molar-refractivity contribution >= 4 is 5.91 Å². The Morgan fingerprint density at radius 2 is 1.68 bits per heavy atom. The lowest BCUT2D eigenvalue weighted by atomic mass is 10.2. The highest BCUT2D eigenvalue weighted by Crippen LogP contribution is 2.13. The summed E-state index contributed by atoms with van der Waals surface area (Å²) in [5.41, 5.74) is 0. The number of aliphatic hydroxyl groups excluding tert-OH is 1. The van der Waals surface area contributed by atoms with Gasteiger partial charge in [0.05, 0.1) is 25.6 Å². The summed E-state index contributed by atoms with van der Waals surface area (Å²) in [5, 5.41) is 8.80. The van der Waals surface area contributed by atoms with Crippen LogP contribution in [-0.2, 0) is 17.9 Å². The van der Waals surface area contributed by atoms with Gasteiger partial charge in [-0.1, -0.05) is 0 Å². The third-order valence-corrected chi connectivity index (χ3v) is 2.76. The fourth-order valence-corrected chi connectivity index (χ4v) is 1.80. The molecule has 1 N–H and O–H groups in total. The Labute approximate surface area is 111 Å². The number of furan rings is 2. The molecule has 0 atom stereocenters. The fourth-order valence-electron chi connectivity index (χ4n) is 1.80. The maximum atomic E-state index is 12.1. The first-order valence-corrected chi connectivity index (χ1v) is 6.23. The molecule has 0 unspecified atom stereocenters. The Morgan fingerprint density at radius 1 is 1.11 bits per heavy atom. The van der Waals surface area contributed by atoms with E-state index in [0.29, 0.717) is 25.9 Å². The summed E-state index contributed by atoms with van der Waals surface area (Å²) in [6.45, 7) is 0.816. The maximum Gasteiger partial charge on any atom is 0.223 e. The molecule has 0 aromatic carbocycles. The van der Waals surface area contributed by atoms with Gasteiger partial charge in [0.25, 0.3) is 0 Å². The number of hydrogen-bond donors (Lipinski definition) is 1. The summed E-state index contributed by atoms with van der Waals surface area (Å²) in [6.07, 6.45) is 3.95. The lowest BCUT2D eigenvalue weighted by molar-refractivity contribution is -0.133. The Balaban J connectivity index is 2.01. The number of carbonyl (C=O) groups excluding carboxylic acids is 1. The van der Waals surface area contributed by atoms with Crippen LogP contribution in [0.15, 0.2) is 45.6 Å². The topological polar surface area (TPSA) is 66.8 Å². The molecule has 5 nitrogen and oxygen atoms in total. The van der Waals surface area contributed by atoms with Crippen LogP contribution in [0, 0.1) is 0 Å². The molecule has 102 valence electrons. The SMILES string of the molecule is O=C(CCCO)N(Cc1ccco1)Cc1ccco1. The van der Waals surface area contributed by atoms with Crippen molar-refractivity contribution in [2.75, 3.05) is 6.61 Å². The molecule has 0 aliphatic carbocycles.